The zero-order valence-electron chi connectivity index (χ0n) is 19.6. The molecule has 176 valence electrons. The molecule has 0 aromatic heterocycles. The summed E-state index contributed by atoms with van der Waals surface area (Å²) >= 11 is 2.24. The summed E-state index contributed by atoms with van der Waals surface area (Å²) in [5.41, 5.74) is 5.79. The largest absolute Gasteiger partial charge is 0.490 e. The van der Waals surface area contributed by atoms with Gasteiger partial charge in [-0.1, -0.05) is 48.4 Å². The highest BCUT2D eigenvalue weighted by molar-refractivity contribution is 14.1. The Hall–Kier alpha value is -3.24. The zero-order chi connectivity index (χ0) is 24.2. The van der Waals surface area contributed by atoms with E-state index >= 15 is 0 Å². The molecule has 1 aliphatic carbocycles. The molecular formula is C30H27IN2O2. The Morgan fingerprint density at radius 2 is 1.97 bits per heavy atom. The molecule has 2 aliphatic rings. The predicted molar refractivity (Wildman–Crippen MR) is 151 cm³/mol. The SMILES string of the molecule is C#CCOc1c(I)cc(C=Nc2ccc([C@@H]3Nc4ccccc4[C@H]4C=CC[C@@H]43)cc2)cc1OCC. The van der Waals surface area contributed by atoms with E-state index in [0.717, 1.165) is 21.2 Å². The maximum atomic E-state index is 5.78. The lowest BCUT2D eigenvalue weighted by Crippen LogP contribution is -2.28. The Bertz CT molecular complexity index is 1310. The number of para-hydroxylation sites is 1. The van der Waals surface area contributed by atoms with Gasteiger partial charge in [0.05, 0.1) is 21.9 Å². The van der Waals surface area contributed by atoms with Crippen molar-refractivity contribution in [1.82, 2.24) is 0 Å². The number of benzene rings is 3. The van der Waals surface area contributed by atoms with E-state index in [2.05, 4.69) is 94.5 Å². The minimum absolute atomic E-state index is 0.203. The summed E-state index contributed by atoms with van der Waals surface area (Å²) < 4.78 is 12.4. The molecule has 5 rings (SSSR count). The fraction of sp³-hybridized carbons (Fsp3) is 0.233. The summed E-state index contributed by atoms with van der Waals surface area (Å²) in [5.74, 6) is 4.87. The summed E-state index contributed by atoms with van der Waals surface area (Å²) in [6.07, 6.45) is 13.0. The molecule has 0 bridgehead atoms. The lowest BCUT2D eigenvalue weighted by atomic mass is 9.77. The molecule has 1 aliphatic heterocycles. The van der Waals surface area contributed by atoms with Crippen molar-refractivity contribution in [3.8, 4) is 23.8 Å². The zero-order valence-corrected chi connectivity index (χ0v) is 21.7. The number of allylic oxidation sites excluding steroid dienone is 2. The van der Waals surface area contributed by atoms with Gasteiger partial charge in [0.25, 0.3) is 0 Å². The van der Waals surface area contributed by atoms with Gasteiger partial charge in [-0.3, -0.25) is 4.99 Å². The van der Waals surface area contributed by atoms with Gasteiger partial charge in [0.1, 0.15) is 6.61 Å². The molecule has 4 nitrogen and oxygen atoms in total. The number of halogens is 1. The van der Waals surface area contributed by atoms with E-state index in [-0.39, 0.29) is 12.6 Å². The highest BCUT2D eigenvalue weighted by Gasteiger charge is 2.37. The van der Waals surface area contributed by atoms with Gasteiger partial charge >= 0.3 is 0 Å². The molecule has 0 spiro atoms. The molecule has 3 aromatic rings. The van der Waals surface area contributed by atoms with Crippen molar-refractivity contribution in [2.45, 2.75) is 25.3 Å². The van der Waals surface area contributed by atoms with Crippen molar-refractivity contribution >= 4 is 40.2 Å². The van der Waals surface area contributed by atoms with Crippen LogP contribution in [0.1, 0.15) is 42.0 Å². The molecule has 5 heteroatoms. The Kier molecular flexibility index (Phi) is 7.10. The first-order valence-electron chi connectivity index (χ1n) is 11.9. The number of rotatable bonds is 7. The number of ether oxygens (including phenoxy) is 2. The smallest absolute Gasteiger partial charge is 0.175 e. The molecule has 0 amide bonds. The number of aliphatic imine (C=N–C) groups is 1. The van der Waals surface area contributed by atoms with Gasteiger partial charge < -0.3 is 14.8 Å². The first-order chi connectivity index (χ1) is 17.2. The van der Waals surface area contributed by atoms with Crippen LogP contribution in [0.3, 0.4) is 0 Å². The predicted octanol–water partition coefficient (Wildman–Crippen LogP) is 7.28. The van der Waals surface area contributed by atoms with E-state index in [1.54, 1.807) is 0 Å². The summed E-state index contributed by atoms with van der Waals surface area (Å²) in [7, 11) is 0. The second kappa shape index (κ2) is 10.6. The molecule has 0 unspecified atom stereocenters. The third-order valence-corrected chi connectivity index (χ3v) is 7.32. The average molecular weight is 574 g/mol. The average Bonchev–Trinajstić information content (AvgIpc) is 3.38. The van der Waals surface area contributed by atoms with Crippen LogP contribution in [0.2, 0.25) is 0 Å². The molecule has 0 saturated heterocycles. The normalized spacial score (nSPS) is 20.1. The molecular weight excluding hydrogens is 547 g/mol. The van der Waals surface area contributed by atoms with Gasteiger partial charge in [-0.2, -0.15) is 0 Å². The van der Waals surface area contributed by atoms with Crippen molar-refractivity contribution in [1.29, 1.82) is 0 Å². The summed E-state index contributed by atoms with van der Waals surface area (Å²) in [4.78, 5) is 4.71. The molecule has 1 N–H and O–H groups in total. The molecule has 0 radical (unpaired) electrons. The molecule has 0 fully saturated rings. The maximum Gasteiger partial charge on any atom is 0.175 e. The molecule has 0 saturated carbocycles. The number of anilines is 1. The molecule has 3 aromatic carbocycles. The quantitative estimate of drug-likeness (QED) is 0.140. The Morgan fingerprint density at radius 3 is 2.77 bits per heavy atom. The van der Waals surface area contributed by atoms with E-state index in [4.69, 9.17) is 20.9 Å². The summed E-state index contributed by atoms with van der Waals surface area (Å²) in [6.45, 7) is 2.69. The lowest BCUT2D eigenvalue weighted by molar-refractivity contribution is 0.298. The van der Waals surface area contributed by atoms with Gasteiger partial charge in [-0.05, 0) is 88.9 Å². The second-order valence-electron chi connectivity index (χ2n) is 8.67. The number of fused-ring (bicyclic) bond motifs is 3. The number of nitrogens with one attached hydrogen (secondary N) is 1. The van der Waals surface area contributed by atoms with E-state index in [1.807, 2.05) is 25.3 Å². The summed E-state index contributed by atoms with van der Waals surface area (Å²) in [5, 5.41) is 3.79. The van der Waals surface area contributed by atoms with Crippen LogP contribution in [0.5, 0.6) is 11.5 Å². The standard InChI is InChI=1S/C30H27IN2O2/c1-3-16-35-30-26(31)17-20(18-28(30)34-4-2)19-32-22-14-12-21(13-15-22)29-25-10-7-9-23(25)24-8-5-6-11-27(24)33-29/h1,5-9,11-15,17-19,23,25,29,33H,4,10,16H2,2H3/t23-,25+,29+/m1/s1. The number of hydrogen-bond acceptors (Lipinski definition) is 4. The third-order valence-electron chi connectivity index (χ3n) is 6.52. The highest BCUT2D eigenvalue weighted by atomic mass is 127. The minimum Gasteiger partial charge on any atom is -0.490 e. The fourth-order valence-corrected chi connectivity index (χ4v) is 5.75. The molecule has 3 atom stereocenters. The first-order valence-corrected chi connectivity index (χ1v) is 12.9. The number of terminal acetylenes is 1. The lowest BCUT2D eigenvalue weighted by Gasteiger charge is -2.37. The van der Waals surface area contributed by atoms with Gasteiger partial charge in [-0.15, -0.1) is 6.42 Å². The van der Waals surface area contributed by atoms with Gasteiger partial charge in [-0.25, -0.2) is 0 Å². The topological polar surface area (TPSA) is 42.8 Å². The van der Waals surface area contributed by atoms with Crippen LogP contribution in [-0.2, 0) is 0 Å². The maximum absolute atomic E-state index is 5.78. The fourth-order valence-electron chi connectivity index (χ4n) is 4.97. The van der Waals surface area contributed by atoms with Gasteiger partial charge in [0, 0.05) is 17.8 Å². The van der Waals surface area contributed by atoms with Crippen LogP contribution in [-0.4, -0.2) is 19.4 Å². The van der Waals surface area contributed by atoms with Crippen molar-refractivity contribution < 1.29 is 9.47 Å². The van der Waals surface area contributed by atoms with Crippen LogP contribution >= 0.6 is 22.6 Å². The van der Waals surface area contributed by atoms with E-state index in [9.17, 15) is 0 Å². The van der Waals surface area contributed by atoms with Crippen LogP contribution in [0.25, 0.3) is 0 Å². The third kappa shape index (κ3) is 4.94. The number of hydrogen-bond donors (Lipinski definition) is 1. The summed E-state index contributed by atoms with van der Waals surface area (Å²) in [6, 6.07) is 21.5. The first kappa shape index (κ1) is 23.5. The minimum atomic E-state index is 0.203. The van der Waals surface area contributed by atoms with Crippen molar-refractivity contribution in [2.75, 3.05) is 18.5 Å². The van der Waals surface area contributed by atoms with Crippen LogP contribution in [0.4, 0.5) is 11.4 Å². The van der Waals surface area contributed by atoms with Crippen LogP contribution in [0, 0.1) is 21.8 Å². The molecule has 35 heavy (non-hydrogen) atoms. The van der Waals surface area contributed by atoms with Crippen LogP contribution in [0.15, 0.2) is 77.8 Å². The van der Waals surface area contributed by atoms with E-state index in [1.165, 1.54) is 16.8 Å². The monoisotopic (exact) mass is 574 g/mol. The van der Waals surface area contributed by atoms with Crippen LogP contribution < -0.4 is 14.8 Å². The van der Waals surface area contributed by atoms with E-state index < -0.39 is 0 Å². The van der Waals surface area contributed by atoms with Gasteiger partial charge in [0.2, 0.25) is 0 Å². The Morgan fingerprint density at radius 1 is 1.14 bits per heavy atom. The Balaban J connectivity index is 1.35. The van der Waals surface area contributed by atoms with Crippen molar-refractivity contribution in [2.24, 2.45) is 10.9 Å². The highest BCUT2D eigenvalue weighted by Crippen LogP contribution is 2.49. The number of nitrogens with zero attached hydrogens (tertiary/aromatic N) is 1. The van der Waals surface area contributed by atoms with Crippen molar-refractivity contribution in [3.63, 3.8) is 0 Å². The second-order valence-corrected chi connectivity index (χ2v) is 9.83. The molecule has 1 heterocycles. The Labute approximate surface area is 220 Å². The van der Waals surface area contributed by atoms with E-state index in [0.29, 0.717) is 29.9 Å². The van der Waals surface area contributed by atoms with Gasteiger partial charge in [0.15, 0.2) is 11.5 Å². The van der Waals surface area contributed by atoms with Crippen molar-refractivity contribution in [3.05, 3.63) is 93.1 Å².